The van der Waals surface area contributed by atoms with Crippen LogP contribution >= 0.6 is 0 Å². The van der Waals surface area contributed by atoms with Crippen LogP contribution in [0.4, 0.5) is 0 Å². The first-order valence-electron chi connectivity index (χ1n) is 13.5. The van der Waals surface area contributed by atoms with Gasteiger partial charge in [0, 0.05) is 50.4 Å². The first-order valence-corrected chi connectivity index (χ1v) is 13.5. The van der Waals surface area contributed by atoms with Crippen LogP contribution in [0.3, 0.4) is 0 Å². The molecule has 186 valence electrons. The van der Waals surface area contributed by atoms with Gasteiger partial charge in [-0.2, -0.15) is 0 Å². The average Bonchev–Trinajstić information content (AvgIpc) is 3.55. The molecule has 4 nitrogen and oxygen atoms in total. The Morgan fingerprint density at radius 3 is 1.93 bits per heavy atom. The quantitative estimate of drug-likeness (QED) is 0.233. The van der Waals surface area contributed by atoms with E-state index in [4.69, 9.17) is 9.97 Å². The number of nitrogens with zero attached hydrogens (tertiary/aromatic N) is 4. The van der Waals surface area contributed by atoms with Gasteiger partial charge in [0.2, 0.25) is 0 Å². The van der Waals surface area contributed by atoms with Crippen LogP contribution in [0.1, 0.15) is 0 Å². The molecular weight excluding hydrogens is 488 g/mol. The van der Waals surface area contributed by atoms with E-state index < -0.39 is 0 Å². The SMILES string of the molecule is c1ccc(-n2c3ccccc3c3c4ncccc4c4c5ccccc5n(-c5cc6ccccc6cn5)c4c32)cc1. The molecule has 0 unspecified atom stereocenters. The summed E-state index contributed by atoms with van der Waals surface area (Å²) >= 11 is 0. The van der Waals surface area contributed by atoms with Crippen molar-refractivity contribution in [2.24, 2.45) is 0 Å². The van der Waals surface area contributed by atoms with Gasteiger partial charge >= 0.3 is 0 Å². The van der Waals surface area contributed by atoms with Crippen LogP contribution in [-0.4, -0.2) is 19.1 Å². The van der Waals surface area contributed by atoms with Gasteiger partial charge in [-0.3, -0.25) is 9.55 Å². The molecule has 0 N–H and O–H groups in total. The highest BCUT2D eigenvalue weighted by Crippen LogP contribution is 2.45. The third-order valence-electron chi connectivity index (χ3n) is 8.15. The molecule has 0 spiro atoms. The van der Waals surface area contributed by atoms with Crippen molar-refractivity contribution in [3.05, 3.63) is 134 Å². The van der Waals surface area contributed by atoms with Gasteiger partial charge in [-0.25, -0.2) is 4.98 Å². The highest BCUT2D eigenvalue weighted by molar-refractivity contribution is 6.35. The van der Waals surface area contributed by atoms with Crippen molar-refractivity contribution in [2.45, 2.75) is 0 Å². The Morgan fingerprint density at radius 2 is 1.10 bits per heavy atom. The lowest BCUT2D eigenvalue weighted by atomic mass is 10.0. The van der Waals surface area contributed by atoms with E-state index in [1.54, 1.807) is 0 Å². The Labute approximate surface area is 229 Å². The van der Waals surface area contributed by atoms with Gasteiger partial charge < -0.3 is 4.57 Å². The van der Waals surface area contributed by atoms with Crippen LogP contribution in [0.2, 0.25) is 0 Å². The fraction of sp³-hybridized carbons (Fsp3) is 0. The molecule has 4 heterocycles. The Kier molecular flexibility index (Phi) is 4.30. The van der Waals surface area contributed by atoms with Gasteiger partial charge in [-0.05, 0) is 41.8 Å². The van der Waals surface area contributed by atoms with Gasteiger partial charge in [-0.1, -0.05) is 84.9 Å². The fourth-order valence-corrected chi connectivity index (χ4v) is 6.52. The minimum atomic E-state index is 0.902. The minimum Gasteiger partial charge on any atom is -0.307 e. The molecule has 5 aromatic carbocycles. The molecule has 4 aromatic heterocycles. The summed E-state index contributed by atoms with van der Waals surface area (Å²) in [6.45, 7) is 0. The summed E-state index contributed by atoms with van der Waals surface area (Å²) in [4.78, 5) is 10.0. The van der Waals surface area contributed by atoms with Crippen molar-refractivity contribution in [3.8, 4) is 11.5 Å². The van der Waals surface area contributed by atoms with Gasteiger partial charge in [0.1, 0.15) is 5.82 Å². The number of para-hydroxylation sites is 3. The molecule has 0 fully saturated rings. The highest BCUT2D eigenvalue weighted by atomic mass is 15.1. The molecule has 0 aliphatic carbocycles. The summed E-state index contributed by atoms with van der Waals surface area (Å²) in [5.41, 5.74) is 6.70. The lowest BCUT2D eigenvalue weighted by Crippen LogP contribution is -2.01. The summed E-state index contributed by atoms with van der Waals surface area (Å²) < 4.78 is 4.75. The summed E-state index contributed by atoms with van der Waals surface area (Å²) in [6, 6.07) is 42.9. The van der Waals surface area contributed by atoms with Crippen LogP contribution in [-0.2, 0) is 0 Å². The van der Waals surface area contributed by atoms with E-state index in [-0.39, 0.29) is 0 Å². The number of benzene rings is 5. The predicted molar refractivity (Wildman–Crippen MR) is 166 cm³/mol. The summed E-state index contributed by atoms with van der Waals surface area (Å²) in [6.07, 6.45) is 3.89. The van der Waals surface area contributed by atoms with Gasteiger partial charge in [0.05, 0.1) is 27.6 Å². The largest absolute Gasteiger partial charge is 0.307 e. The van der Waals surface area contributed by atoms with Gasteiger partial charge in [0.25, 0.3) is 0 Å². The second-order valence-corrected chi connectivity index (χ2v) is 10.3. The van der Waals surface area contributed by atoms with Crippen molar-refractivity contribution in [1.29, 1.82) is 0 Å². The molecule has 0 aliphatic heterocycles. The van der Waals surface area contributed by atoms with Crippen molar-refractivity contribution < 1.29 is 0 Å². The number of fused-ring (bicyclic) bond motifs is 11. The zero-order valence-corrected chi connectivity index (χ0v) is 21.5. The van der Waals surface area contributed by atoms with Crippen molar-refractivity contribution >= 4 is 65.3 Å². The summed E-state index contributed by atoms with van der Waals surface area (Å²) in [5.74, 6) is 0.902. The highest BCUT2D eigenvalue weighted by Gasteiger charge is 2.25. The summed E-state index contributed by atoms with van der Waals surface area (Å²) in [5, 5.41) is 8.18. The third kappa shape index (κ3) is 2.79. The van der Waals surface area contributed by atoms with Crippen LogP contribution < -0.4 is 0 Å². The van der Waals surface area contributed by atoms with Gasteiger partial charge in [-0.15, -0.1) is 0 Å². The third-order valence-corrected chi connectivity index (χ3v) is 8.15. The monoisotopic (exact) mass is 510 g/mol. The van der Waals surface area contributed by atoms with E-state index in [9.17, 15) is 0 Å². The van der Waals surface area contributed by atoms with E-state index in [1.807, 2.05) is 18.5 Å². The molecule has 0 bridgehead atoms. The molecule has 0 radical (unpaired) electrons. The van der Waals surface area contributed by atoms with Crippen LogP contribution in [0.5, 0.6) is 0 Å². The lowest BCUT2D eigenvalue weighted by Gasteiger charge is -2.13. The average molecular weight is 511 g/mol. The maximum Gasteiger partial charge on any atom is 0.138 e. The lowest BCUT2D eigenvalue weighted by molar-refractivity contribution is 1.08. The van der Waals surface area contributed by atoms with Gasteiger partial charge in [0.15, 0.2) is 0 Å². The molecule has 0 saturated heterocycles. The Balaban J connectivity index is 1.63. The molecule has 0 aliphatic rings. The smallest absolute Gasteiger partial charge is 0.138 e. The second-order valence-electron chi connectivity index (χ2n) is 10.3. The van der Waals surface area contributed by atoms with Crippen molar-refractivity contribution in [1.82, 2.24) is 19.1 Å². The maximum absolute atomic E-state index is 5.03. The number of pyridine rings is 2. The normalized spacial score (nSPS) is 12.0. The minimum absolute atomic E-state index is 0.902. The van der Waals surface area contributed by atoms with Crippen LogP contribution in [0, 0.1) is 0 Å². The van der Waals surface area contributed by atoms with E-state index >= 15 is 0 Å². The van der Waals surface area contributed by atoms with E-state index in [0.717, 1.165) is 55.2 Å². The first-order chi connectivity index (χ1) is 19.9. The fourth-order valence-electron chi connectivity index (χ4n) is 6.52. The van der Waals surface area contributed by atoms with E-state index in [2.05, 4.69) is 124 Å². The number of hydrogen-bond donors (Lipinski definition) is 0. The Morgan fingerprint density at radius 1 is 0.475 bits per heavy atom. The van der Waals surface area contributed by atoms with E-state index in [0.29, 0.717) is 0 Å². The summed E-state index contributed by atoms with van der Waals surface area (Å²) in [7, 11) is 0. The molecule has 0 saturated carbocycles. The molecule has 0 amide bonds. The predicted octanol–water partition coefficient (Wildman–Crippen LogP) is 8.98. The Hall–Kier alpha value is -5.48. The molecule has 0 atom stereocenters. The number of aromatic nitrogens is 4. The topological polar surface area (TPSA) is 35.6 Å². The van der Waals surface area contributed by atoms with E-state index in [1.165, 1.54) is 21.5 Å². The standard InChI is InChI=1S/C36H22N4/c1-2-13-25(14-3-1)39-29-18-8-7-16-27(29)33-34-28(17-10-20-37-34)32-26-15-6-9-19-30(26)40(35(32)36(33)39)31-21-23-11-4-5-12-24(23)22-38-31/h1-22H. The number of rotatable bonds is 2. The number of hydrogen-bond acceptors (Lipinski definition) is 2. The molecule has 4 heteroatoms. The molecule has 9 aromatic rings. The second kappa shape index (κ2) is 8.01. The zero-order chi connectivity index (χ0) is 26.2. The zero-order valence-electron chi connectivity index (χ0n) is 21.5. The molecule has 40 heavy (non-hydrogen) atoms. The Bertz CT molecular complexity index is 2430. The van der Waals surface area contributed by atoms with Crippen molar-refractivity contribution in [3.63, 3.8) is 0 Å². The first kappa shape index (κ1) is 21.5. The maximum atomic E-state index is 5.03. The van der Waals surface area contributed by atoms with Crippen LogP contribution in [0.25, 0.3) is 76.8 Å². The molecule has 9 rings (SSSR count). The van der Waals surface area contributed by atoms with Crippen molar-refractivity contribution in [2.75, 3.05) is 0 Å². The molecular formula is C36H22N4. The van der Waals surface area contributed by atoms with Crippen LogP contribution in [0.15, 0.2) is 134 Å².